The summed E-state index contributed by atoms with van der Waals surface area (Å²) in [6.07, 6.45) is 4.23. The molecule has 0 unspecified atom stereocenters. The summed E-state index contributed by atoms with van der Waals surface area (Å²) in [6, 6.07) is 15.8. The van der Waals surface area contributed by atoms with Gasteiger partial charge in [-0.2, -0.15) is 0 Å². The molecule has 3 nitrogen and oxygen atoms in total. The first-order valence-corrected chi connectivity index (χ1v) is 8.00. The Balaban J connectivity index is 1.70. The average molecular weight is 308 g/mol. The lowest BCUT2D eigenvalue weighted by Crippen LogP contribution is -2.07. The Labute approximate surface area is 133 Å². The van der Waals surface area contributed by atoms with Gasteiger partial charge in [0.1, 0.15) is 5.01 Å². The van der Waals surface area contributed by atoms with Crippen molar-refractivity contribution < 1.29 is 4.79 Å². The van der Waals surface area contributed by atoms with E-state index in [1.54, 1.807) is 17.4 Å². The van der Waals surface area contributed by atoms with E-state index in [9.17, 15) is 4.79 Å². The molecule has 1 aromatic heterocycles. The molecule has 3 aromatic rings. The smallest absolute Gasteiger partial charge is 0.248 e. The third-order valence-corrected chi connectivity index (χ3v) is 4.29. The molecule has 0 fully saturated rings. The minimum Gasteiger partial charge on any atom is -0.323 e. The number of aryl methyl sites for hydroxylation is 1. The van der Waals surface area contributed by atoms with Gasteiger partial charge in [0, 0.05) is 11.8 Å². The quantitative estimate of drug-likeness (QED) is 0.720. The van der Waals surface area contributed by atoms with Crippen LogP contribution in [0.5, 0.6) is 0 Å². The summed E-state index contributed by atoms with van der Waals surface area (Å²) in [6.45, 7) is 2.09. The number of hydrogen-bond donors (Lipinski definition) is 1. The molecule has 22 heavy (non-hydrogen) atoms. The van der Waals surface area contributed by atoms with Crippen LogP contribution in [-0.2, 0) is 11.2 Å². The zero-order valence-corrected chi connectivity index (χ0v) is 13.1. The molecule has 0 radical (unpaired) electrons. The van der Waals surface area contributed by atoms with Crippen molar-refractivity contribution in [3.05, 3.63) is 65.2 Å². The molecule has 0 spiro atoms. The lowest BCUT2D eigenvalue weighted by molar-refractivity contribution is -0.111. The number of nitrogens with one attached hydrogen (secondary N) is 1. The number of carbonyl (C=O) groups excluding carboxylic acids is 1. The van der Waals surface area contributed by atoms with E-state index in [1.165, 1.54) is 11.6 Å². The molecule has 4 heteroatoms. The van der Waals surface area contributed by atoms with Crippen molar-refractivity contribution in [3.8, 4) is 0 Å². The summed E-state index contributed by atoms with van der Waals surface area (Å²) in [5.41, 5.74) is 2.98. The van der Waals surface area contributed by atoms with Gasteiger partial charge in [-0.3, -0.25) is 4.79 Å². The van der Waals surface area contributed by atoms with Crippen molar-refractivity contribution in [2.24, 2.45) is 0 Å². The molecule has 0 aliphatic rings. The molecule has 0 bridgehead atoms. The average Bonchev–Trinajstić information content (AvgIpc) is 2.96. The first-order valence-electron chi connectivity index (χ1n) is 7.18. The third-order valence-electron chi connectivity index (χ3n) is 3.29. The van der Waals surface area contributed by atoms with Crippen LogP contribution in [-0.4, -0.2) is 10.9 Å². The van der Waals surface area contributed by atoms with Gasteiger partial charge in [0.25, 0.3) is 0 Å². The summed E-state index contributed by atoms with van der Waals surface area (Å²) in [5.74, 6) is -0.146. The lowest BCUT2D eigenvalue weighted by atomic mass is 10.1. The number of fused-ring (bicyclic) bond motifs is 1. The molecule has 0 aliphatic carbocycles. The highest BCUT2D eigenvalue weighted by Crippen LogP contribution is 2.22. The number of amides is 1. The Hall–Kier alpha value is -2.46. The highest BCUT2D eigenvalue weighted by Gasteiger charge is 2.02. The van der Waals surface area contributed by atoms with Crippen molar-refractivity contribution in [3.63, 3.8) is 0 Å². The number of carbonyl (C=O) groups is 1. The zero-order valence-electron chi connectivity index (χ0n) is 12.2. The standard InChI is InChI=1S/C18H16N2OS/c1-2-13-6-5-7-14(12-13)19-17(21)10-11-18-20-15-8-3-4-9-16(15)22-18/h3-12H,2H2,1H3,(H,19,21). The van der Waals surface area contributed by atoms with E-state index in [0.717, 1.165) is 27.3 Å². The molecule has 0 saturated carbocycles. The lowest BCUT2D eigenvalue weighted by Gasteiger charge is -2.03. The van der Waals surface area contributed by atoms with Crippen LogP contribution in [0, 0.1) is 0 Å². The van der Waals surface area contributed by atoms with Crippen LogP contribution >= 0.6 is 11.3 Å². The second kappa shape index (κ2) is 6.54. The van der Waals surface area contributed by atoms with E-state index in [4.69, 9.17) is 0 Å². The molecule has 1 amide bonds. The predicted octanol–water partition coefficient (Wildman–Crippen LogP) is 4.51. The fourth-order valence-electron chi connectivity index (χ4n) is 2.16. The number of rotatable bonds is 4. The first kappa shape index (κ1) is 14.5. The van der Waals surface area contributed by atoms with Gasteiger partial charge < -0.3 is 5.32 Å². The van der Waals surface area contributed by atoms with Crippen molar-refractivity contribution in [2.75, 3.05) is 5.32 Å². The zero-order chi connectivity index (χ0) is 15.4. The van der Waals surface area contributed by atoms with E-state index >= 15 is 0 Å². The minimum atomic E-state index is -0.146. The maximum atomic E-state index is 12.0. The summed E-state index contributed by atoms with van der Waals surface area (Å²) >= 11 is 1.57. The molecule has 1 N–H and O–H groups in total. The van der Waals surface area contributed by atoms with E-state index < -0.39 is 0 Å². The van der Waals surface area contributed by atoms with Crippen LogP contribution in [0.15, 0.2) is 54.6 Å². The van der Waals surface area contributed by atoms with Crippen LogP contribution in [0.1, 0.15) is 17.5 Å². The van der Waals surface area contributed by atoms with Gasteiger partial charge in [-0.25, -0.2) is 4.98 Å². The third kappa shape index (κ3) is 3.40. The Morgan fingerprint density at radius 1 is 1.23 bits per heavy atom. The van der Waals surface area contributed by atoms with Gasteiger partial charge in [0.2, 0.25) is 5.91 Å². The Morgan fingerprint density at radius 3 is 2.91 bits per heavy atom. The number of benzene rings is 2. The molecule has 110 valence electrons. The number of anilines is 1. The maximum Gasteiger partial charge on any atom is 0.248 e. The molecule has 0 atom stereocenters. The van der Waals surface area contributed by atoms with E-state index in [0.29, 0.717) is 0 Å². The van der Waals surface area contributed by atoms with Crippen molar-refractivity contribution in [2.45, 2.75) is 13.3 Å². The normalized spacial score (nSPS) is 11.1. The molecule has 1 heterocycles. The number of nitrogens with zero attached hydrogens (tertiary/aromatic N) is 1. The van der Waals surface area contributed by atoms with Crippen molar-refractivity contribution in [1.29, 1.82) is 0 Å². The highest BCUT2D eigenvalue weighted by molar-refractivity contribution is 7.19. The largest absolute Gasteiger partial charge is 0.323 e. The fourth-order valence-corrected chi connectivity index (χ4v) is 3.03. The predicted molar refractivity (Wildman–Crippen MR) is 93.1 cm³/mol. The van der Waals surface area contributed by atoms with Crippen LogP contribution in [0.2, 0.25) is 0 Å². The SMILES string of the molecule is CCc1cccc(NC(=O)C=Cc2nc3ccccc3s2)c1. The van der Waals surface area contributed by atoms with Gasteiger partial charge in [0.05, 0.1) is 10.2 Å². The van der Waals surface area contributed by atoms with E-state index in [-0.39, 0.29) is 5.91 Å². The van der Waals surface area contributed by atoms with Crippen LogP contribution in [0.4, 0.5) is 5.69 Å². The molecule has 2 aromatic carbocycles. The number of hydrogen-bond acceptors (Lipinski definition) is 3. The molecule has 3 rings (SSSR count). The molecule has 0 aliphatic heterocycles. The van der Waals surface area contributed by atoms with Gasteiger partial charge >= 0.3 is 0 Å². The van der Waals surface area contributed by atoms with Crippen LogP contribution < -0.4 is 5.32 Å². The second-order valence-corrected chi connectivity index (χ2v) is 5.96. The van der Waals surface area contributed by atoms with E-state index in [1.807, 2.05) is 48.5 Å². The van der Waals surface area contributed by atoms with Crippen LogP contribution in [0.3, 0.4) is 0 Å². The molecule has 0 saturated heterocycles. The Bertz CT molecular complexity index is 803. The molecular weight excluding hydrogens is 292 g/mol. The highest BCUT2D eigenvalue weighted by atomic mass is 32.1. The monoisotopic (exact) mass is 308 g/mol. The number of aromatic nitrogens is 1. The van der Waals surface area contributed by atoms with Gasteiger partial charge in [-0.15, -0.1) is 11.3 Å². The van der Waals surface area contributed by atoms with Gasteiger partial charge in [-0.05, 0) is 42.3 Å². The summed E-state index contributed by atoms with van der Waals surface area (Å²) in [5, 5.41) is 3.70. The molecular formula is C18H16N2OS. The number of para-hydroxylation sites is 1. The van der Waals surface area contributed by atoms with Gasteiger partial charge in [0.15, 0.2) is 0 Å². The topological polar surface area (TPSA) is 42.0 Å². The number of thiazole rings is 1. The summed E-state index contributed by atoms with van der Waals surface area (Å²) in [7, 11) is 0. The fraction of sp³-hybridized carbons (Fsp3) is 0.111. The van der Waals surface area contributed by atoms with Crippen molar-refractivity contribution >= 4 is 39.2 Å². The Kier molecular flexibility index (Phi) is 4.30. The van der Waals surface area contributed by atoms with Crippen LogP contribution in [0.25, 0.3) is 16.3 Å². The summed E-state index contributed by atoms with van der Waals surface area (Å²) in [4.78, 5) is 16.5. The summed E-state index contributed by atoms with van der Waals surface area (Å²) < 4.78 is 1.12. The second-order valence-electron chi connectivity index (χ2n) is 4.90. The maximum absolute atomic E-state index is 12.0. The first-order chi connectivity index (χ1) is 10.7. The minimum absolute atomic E-state index is 0.146. The van der Waals surface area contributed by atoms with Crippen molar-refractivity contribution in [1.82, 2.24) is 4.98 Å². The van der Waals surface area contributed by atoms with Gasteiger partial charge in [-0.1, -0.05) is 31.2 Å². The Morgan fingerprint density at radius 2 is 2.09 bits per heavy atom. The van der Waals surface area contributed by atoms with E-state index in [2.05, 4.69) is 17.2 Å².